The third kappa shape index (κ3) is 3.00. The highest BCUT2D eigenvalue weighted by molar-refractivity contribution is 7.14. The number of carbonyl (C=O) groups excluding carboxylic acids is 1. The summed E-state index contributed by atoms with van der Waals surface area (Å²) in [5, 5.41) is 10.2. The molecule has 1 aromatic heterocycles. The fourth-order valence-electron chi connectivity index (χ4n) is 1.72. The first-order valence-corrected chi connectivity index (χ1v) is 6.62. The third-order valence-electron chi connectivity index (χ3n) is 2.71. The molecule has 0 aliphatic carbocycles. The van der Waals surface area contributed by atoms with Crippen molar-refractivity contribution < 1.29 is 4.79 Å². The molecule has 1 amide bonds. The molecular formula is C14H15N3OS. The molecule has 0 saturated carbocycles. The molecule has 1 aromatic carbocycles. The Bertz CT molecular complexity index is 646. The molecule has 0 bridgehead atoms. The van der Waals surface area contributed by atoms with E-state index in [9.17, 15) is 4.79 Å². The minimum absolute atomic E-state index is 0.0177. The van der Waals surface area contributed by atoms with Gasteiger partial charge in [-0.3, -0.25) is 10.2 Å². The summed E-state index contributed by atoms with van der Waals surface area (Å²) in [6, 6.07) is 9.14. The molecule has 2 rings (SSSR count). The minimum atomic E-state index is -0.153. The molecule has 19 heavy (non-hydrogen) atoms. The average molecular weight is 273 g/mol. The summed E-state index contributed by atoms with van der Waals surface area (Å²) in [6.07, 6.45) is 0. The van der Waals surface area contributed by atoms with Crippen LogP contribution in [0.5, 0.6) is 0 Å². The number of benzene rings is 1. The van der Waals surface area contributed by atoms with Gasteiger partial charge >= 0.3 is 0 Å². The Kier molecular flexibility index (Phi) is 3.66. The number of hydrogen-bond donors (Lipinski definition) is 3. The number of rotatable bonds is 3. The van der Waals surface area contributed by atoms with Crippen LogP contribution < -0.4 is 11.1 Å². The van der Waals surface area contributed by atoms with Crippen LogP contribution in [0.25, 0.3) is 0 Å². The van der Waals surface area contributed by atoms with Gasteiger partial charge in [-0.2, -0.15) is 0 Å². The summed E-state index contributed by atoms with van der Waals surface area (Å²) < 4.78 is 0. The van der Waals surface area contributed by atoms with Gasteiger partial charge in [0.05, 0.1) is 10.6 Å². The molecule has 5 heteroatoms. The molecule has 1 heterocycles. The normalized spacial score (nSPS) is 10.2. The first-order valence-electron chi connectivity index (χ1n) is 5.80. The van der Waals surface area contributed by atoms with Crippen LogP contribution in [0.4, 0.5) is 5.69 Å². The van der Waals surface area contributed by atoms with Gasteiger partial charge < -0.3 is 11.1 Å². The lowest BCUT2D eigenvalue weighted by Gasteiger charge is -2.04. The number of aryl methyl sites for hydroxylation is 2. The molecule has 0 radical (unpaired) electrons. The molecule has 0 aliphatic heterocycles. The summed E-state index contributed by atoms with van der Waals surface area (Å²) in [7, 11) is 0. The lowest BCUT2D eigenvalue weighted by molar-refractivity contribution is 0.102. The predicted octanol–water partition coefficient (Wildman–Crippen LogP) is 2.90. The number of thiophene rings is 1. The van der Waals surface area contributed by atoms with Crippen molar-refractivity contribution in [1.29, 1.82) is 5.41 Å². The lowest BCUT2D eigenvalue weighted by atomic mass is 10.1. The second-order valence-corrected chi connectivity index (χ2v) is 5.57. The van der Waals surface area contributed by atoms with Gasteiger partial charge in [-0.15, -0.1) is 11.3 Å². The van der Waals surface area contributed by atoms with Gasteiger partial charge in [0, 0.05) is 10.4 Å². The molecule has 0 atom stereocenters. The van der Waals surface area contributed by atoms with Crippen molar-refractivity contribution in [2.45, 2.75) is 13.8 Å². The van der Waals surface area contributed by atoms with E-state index >= 15 is 0 Å². The van der Waals surface area contributed by atoms with Gasteiger partial charge in [0.1, 0.15) is 5.84 Å². The number of anilines is 1. The number of amides is 1. The number of nitrogens with one attached hydrogen (secondary N) is 2. The molecule has 0 aliphatic rings. The number of carbonyl (C=O) groups is 1. The standard InChI is InChI=1S/C14H15N3OS/c1-8-4-3-5-10(6-8)14(18)17-11-7-12(13(15)16)19-9(11)2/h3-7H,1-2H3,(H3,15,16)(H,17,18). The van der Waals surface area contributed by atoms with Gasteiger partial charge in [-0.05, 0) is 32.0 Å². The van der Waals surface area contributed by atoms with Crippen LogP contribution in [0.1, 0.15) is 25.7 Å². The van der Waals surface area contributed by atoms with Crippen LogP contribution in [0.3, 0.4) is 0 Å². The highest BCUT2D eigenvalue weighted by atomic mass is 32.1. The van der Waals surface area contributed by atoms with E-state index in [2.05, 4.69) is 5.32 Å². The van der Waals surface area contributed by atoms with Crippen molar-refractivity contribution in [3.63, 3.8) is 0 Å². The highest BCUT2D eigenvalue weighted by Gasteiger charge is 2.11. The van der Waals surface area contributed by atoms with Crippen LogP contribution in [0, 0.1) is 19.3 Å². The molecular weight excluding hydrogens is 258 g/mol. The van der Waals surface area contributed by atoms with E-state index in [1.165, 1.54) is 11.3 Å². The second-order valence-electron chi connectivity index (χ2n) is 4.32. The zero-order chi connectivity index (χ0) is 14.0. The van der Waals surface area contributed by atoms with Crippen LogP contribution in [0.15, 0.2) is 30.3 Å². The van der Waals surface area contributed by atoms with Gasteiger partial charge in [0.25, 0.3) is 5.91 Å². The van der Waals surface area contributed by atoms with Gasteiger partial charge in [-0.1, -0.05) is 17.7 Å². The second kappa shape index (κ2) is 5.24. The first kappa shape index (κ1) is 13.3. The predicted molar refractivity (Wildman–Crippen MR) is 79.2 cm³/mol. The zero-order valence-electron chi connectivity index (χ0n) is 10.8. The largest absolute Gasteiger partial charge is 0.383 e. The van der Waals surface area contributed by atoms with Crippen molar-refractivity contribution in [1.82, 2.24) is 0 Å². The molecule has 0 spiro atoms. The molecule has 0 unspecified atom stereocenters. The number of nitrogens with two attached hydrogens (primary N) is 1. The van der Waals surface area contributed by atoms with Gasteiger partial charge in [0.2, 0.25) is 0 Å². The molecule has 0 fully saturated rings. The molecule has 98 valence electrons. The van der Waals surface area contributed by atoms with Crippen molar-refractivity contribution in [2.24, 2.45) is 5.73 Å². The summed E-state index contributed by atoms with van der Waals surface area (Å²) in [5.74, 6) is -0.135. The Hall–Kier alpha value is -2.14. The van der Waals surface area contributed by atoms with Crippen LogP contribution in [0.2, 0.25) is 0 Å². The summed E-state index contributed by atoms with van der Waals surface area (Å²) in [5.41, 5.74) is 7.81. The molecule has 2 aromatic rings. The quantitative estimate of drug-likeness (QED) is 0.594. The Morgan fingerprint density at radius 2 is 2.05 bits per heavy atom. The zero-order valence-corrected chi connectivity index (χ0v) is 11.6. The maximum Gasteiger partial charge on any atom is 0.255 e. The van der Waals surface area contributed by atoms with E-state index in [4.69, 9.17) is 11.1 Å². The smallest absolute Gasteiger partial charge is 0.255 e. The Morgan fingerprint density at radius 3 is 2.63 bits per heavy atom. The number of amidine groups is 1. The molecule has 4 N–H and O–H groups in total. The third-order valence-corrected chi connectivity index (χ3v) is 3.80. The van der Waals surface area contributed by atoms with E-state index in [1.807, 2.05) is 32.0 Å². The maximum atomic E-state index is 12.1. The summed E-state index contributed by atoms with van der Waals surface area (Å²) >= 11 is 1.40. The number of nitrogen functional groups attached to an aromatic ring is 1. The first-order chi connectivity index (χ1) is 8.97. The van der Waals surface area contributed by atoms with E-state index < -0.39 is 0 Å². The van der Waals surface area contributed by atoms with Gasteiger partial charge in [0.15, 0.2) is 0 Å². The monoisotopic (exact) mass is 273 g/mol. The molecule has 4 nitrogen and oxygen atoms in total. The van der Waals surface area contributed by atoms with E-state index in [1.54, 1.807) is 12.1 Å². The van der Waals surface area contributed by atoms with Gasteiger partial charge in [-0.25, -0.2) is 0 Å². The van der Waals surface area contributed by atoms with Crippen LogP contribution in [-0.2, 0) is 0 Å². The summed E-state index contributed by atoms with van der Waals surface area (Å²) in [6.45, 7) is 3.84. The van der Waals surface area contributed by atoms with Crippen molar-refractivity contribution in [3.05, 3.63) is 51.2 Å². The number of hydrogen-bond acceptors (Lipinski definition) is 3. The van der Waals surface area contributed by atoms with Crippen molar-refractivity contribution in [3.8, 4) is 0 Å². The van der Waals surface area contributed by atoms with E-state index in [-0.39, 0.29) is 11.7 Å². The van der Waals surface area contributed by atoms with E-state index in [0.29, 0.717) is 16.1 Å². The fourth-order valence-corrected chi connectivity index (χ4v) is 2.56. The highest BCUT2D eigenvalue weighted by Crippen LogP contribution is 2.26. The van der Waals surface area contributed by atoms with Crippen LogP contribution >= 0.6 is 11.3 Å². The summed E-state index contributed by atoms with van der Waals surface area (Å²) in [4.78, 5) is 13.7. The van der Waals surface area contributed by atoms with Crippen LogP contribution in [-0.4, -0.2) is 11.7 Å². The Labute approximate surface area is 115 Å². The maximum absolute atomic E-state index is 12.1. The van der Waals surface area contributed by atoms with E-state index in [0.717, 1.165) is 10.4 Å². The van der Waals surface area contributed by atoms with Crippen molar-refractivity contribution in [2.75, 3.05) is 5.32 Å². The SMILES string of the molecule is Cc1cccc(C(=O)Nc2cc(C(=N)N)sc2C)c1. The fraction of sp³-hybridized carbons (Fsp3) is 0.143. The van der Waals surface area contributed by atoms with Crippen molar-refractivity contribution >= 4 is 28.8 Å². The lowest BCUT2D eigenvalue weighted by Crippen LogP contribution is -2.12. The Balaban J connectivity index is 2.21. The topological polar surface area (TPSA) is 79.0 Å². The average Bonchev–Trinajstić information content (AvgIpc) is 2.71. The Morgan fingerprint density at radius 1 is 1.32 bits per heavy atom. The minimum Gasteiger partial charge on any atom is -0.383 e. The molecule has 0 saturated heterocycles.